The van der Waals surface area contributed by atoms with E-state index >= 15 is 0 Å². The Morgan fingerprint density at radius 3 is 2.24 bits per heavy atom. The molecule has 1 aromatic rings. The van der Waals surface area contributed by atoms with Crippen LogP contribution in [0.25, 0.3) is 5.57 Å². The molecule has 8 atom stereocenters. The number of carbonyl (C=O) groups is 1. The van der Waals surface area contributed by atoms with Gasteiger partial charge >= 0.3 is 0 Å². The van der Waals surface area contributed by atoms with Crippen molar-refractivity contribution >= 4 is 11.9 Å². The SMILES string of the molecule is CC1(C)C(c2ccc(C=O)cc2)=CC[C@@]2(C)C1CCC13C4CC[C@@]5(CO)CCCC5C41CCC32. The summed E-state index contributed by atoms with van der Waals surface area (Å²) in [4.78, 5) is 11.2. The number of fused-ring (bicyclic) bond motifs is 3. The summed E-state index contributed by atoms with van der Waals surface area (Å²) < 4.78 is 0. The molecule has 182 valence electrons. The summed E-state index contributed by atoms with van der Waals surface area (Å²) in [5.41, 5.74) is 5.52. The highest BCUT2D eigenvalue weighted by Gasteiger charge is 2.88. The molecule has 2 spiro atoms. The van der Waals surface area contributed by atoms with Gasteiger partial charge in [-0.2, -0.15) is 0 Å². The molecular formula is C32H42O2. The van der Waals surface area contributed by atoms with E-state index in [1.165, 1.54) is 75.3 Å². The van der Waals surface area contributed by atoms with Gasteiger partial charge in [0.25, 0.3) is 0 Å². The van der Waals surface area contributed by atoms with E-state index in [2.05, 4.69) is 39.0 Å². The van der Waals surface area contributed by atoms with Crippen molar-refractivity contribution in [3.05, 3.63) is 41.5 Å². The van der Waals surface area contributed by atoms with Crippen molar-refractivity contribution < 1.29 is 9.90 Å². The number of hydrogen-bond donors (Lipinski definition) is 1. The summed E-state index contributed by atoms with van der Waals surface area (Å²) in [6.07, 6.45) is 17.1. The first-order valence-electron chi connectivity index (χ1n) is 14.2. The van der Waals surface area contributed by atoms with Crippen LogP contribution in [-0.4, -0.2) is 18.0 Å². The molecule has 0 aliphatic heterocycles. The monoisotopic (exact) mass is 458 g/mol. The molecule has 6 aliphatic carbocycles. The Morgan fingerprint density at radius 2 is 1.53 bits per heavy atom. The van der Waals surface area contributed by atoms with Gasteiger partial charge in [0.2, 0.25) is 0 Å². The number of rotatable bonds is 3. The predicted octanol–water partition coefficient (Wildman–Crippen LogP) is 7.31. The summed E-state index contributed by atoms with van der Waals surface area (Å²) in [6, 6.07) is 8.29. The Morgan fingerprint density at radius 1 is 0.853 bits per heavy atom. The van der Waals surface area contributed by atoms with E-state index in [9.17, 15) is 9.90 Å². The maximum atomic E-state index is 11.2. The van der Waals surface area contributed by atoms with E-state index in [0.29, 0.717) is 28.8 Å². The third-order valence-corrected chi connectivity index (χ3v) is 13.4. The molecule has 7 rings (SSSR count). The first-order chi connectivity index (χ1) is 16.3. The van der Waals surface area contributed by atoms with Crippen LogP contribution in [0, 0.1) is 50.7 Å². The van der Waals surface area contributed by atoms with Gasteiger partial charge < -0.3 is 5.11 Å². The number of aliphatic hydroxyl groups is 1. The molecule has 34 heavy (non-hydrogen) atoms. The Kier molecular flexibility index (Phi) is 4.28. The van der Waals surface area contributed by atoms with Gasteiger partial charge in [-0.15, -0.1) is 0 Å². The average Bonchev–Trinajstić information content (AvgIpc) is 3.13. The lowest BCUT2D eigenvalue weighted by Gasteiger charge is -2.59. The summed E-state index contributed by atoms with van der Waals surface area (Å²) in [5.74, 6) is 3.32. The van der Waals surface area contributed by atoms with Crippen LogP contribution in [0.15, 0.2) is 30.3 Å². The van der Waals surface area contributed by atoms with E-state index in [-0.39, 0.29) is 10.8 Å². The quantitative estimate of drug-likeness (QED) is 0.482. The average molecular weight is 459 g/mol. The Labute approximate surface area is 205 Å². The molecule has 5 fully saturated rings. The lowest BCUT2D eigenvalue weighted by Crippen LogP contribution is -2.52. The Bertz CT molecular complexity index is 1070. The minimum Gasteiger partial charge on any atom is -0.396 e. The van der Waals surface area contributed by atoms with E-state index in [1.54, 1.807) is 0 Å². The van der Waals surface area contributed by atoms with Gasteiger partial charge in [-0.3, -0.25) is 4.79 Å². The van der Waals surface area contributed by atoms with Crippen LogP contribution in [0.1, 0.15) is 101 Å². The fraction of sp³-hybridized carbons (Fsp3) is 0.719. The van der Waals surface area contributed by atoms with Crippen LogP contribution < -0.4 is 0 Å². The third kappa shape index (κ3) is 2.23. The van der Waals surface area contributed by atoms with Gasteiger partial charge in [0.05, 0.1) is 0 Å². The molecule has 0 heterocycles. The number of benzene rings is 1. The molecule has 1 aromatic carbocycles. The smallest absolute Gasteiger partial charge is 0.150 e. The molecule has 1 N–H and O–H groups in total. The summed E-state index contributed by atoms with van der Waals surface area (Å²) in [5, 5.41) is 10.5. The van der Waals surface area contributed by atoms with Gasteiger partial charge in [0, 0.05) is 12.2 Å². The van der Waals surface area contributed by atoms with Gasteiger partial charge in [-0.25, -0.2) is 0 Å². The lowest BCUT2D eigenvalue weighted by molar-refractivity contribution is -0.0630. The van der Waals surface area contributed by atoms with Crippen molar-refractivity contribution in [2.45, 2.75) is 85.0 Å². The van der Waals surface area contributed by atoms with Crippen LogP contribution in [0.3, 0.4) is 0 Å². The fourth-order valence-corrected chi connectivity index (χ4v) is 12.5. The summed E-state index contributed by atoms with van der Waals surface area (Å²) >= 11 is 0. The standard InChI is InChI=1S/C32H42O2/c1-28(2)23(22-8-6-21(19-33)7-9-22)10-15-29(3)24(28)12-17-31-25(29)13-18-32(31)26-5-4-14-30(26,20-34)16-11-27(31)32/h6-10,19,24-27,34H,4-5,11-18,20H2,1-3H3/t24?,25?,26?,27?,29-,30+,31?,32?/m0/s1. The highest BCUT2D eigenvalue weighted by atomic mass is 16.3. The zero-order chi connectivity index (χ0) is 23.6. The number of hydrogen-bond acceptors (Lipinski definition) is 2. The normalized spacial score (nSPS) is 49.7. The molecule has 0 saturated heterocycles. The van der Waals surface area contributed by atoms with Crippen molar-refractivity contribution in [3.8, 4) is 0 Å². The topological polar surface area (TPSA) is 37.3 Å². The molecule has 2 nitrogen and oxygen atoms in total. The first-order valence-corrected chi connectivity index (χ1v) is 14.2. The number of allylic oxidation sites excluding steroid dienone is 2. The minimum atomic E-state index is 0.148. The molecule has 0 bridgehead atoms. The van der Waals surface area contributed by atoms with E-state index in [0.717, 1.165) is 29.6 Å². The van der Waals surface area contributed by atoms with Crippen LogP contribution >= 0.6 is 0 Å². The van der Waals surface area contributed by atoms with E-state index in [4.69, 9.17) is 0 Å². The van der Waals surface area contributed by atoms with Crippen LogP contribution in [0.5, 0.6) is 0 Å². The molecule has 2 heteroatoms. The fourth-order valence-electron chi connectivity index (χ4n) is 12.5. The largest absolute Gasteiger partial charge is 0.396 e. The van der Waals surface area contributed by atoms with Gasteiger partial charge in [0.1, 0.15) is 6.29 Å². The molecule has 6 unspecified atom stereocenters. The van der Waals surface area contributed by atoms with Gasteiger partial charge in [-0.1, -0.05) is 57.5 Å². The van der Waals surface area contributed by atoms with Gasteiger partial charge in [-0.05, 0) is 120 Å². The van der Waals surface area contributed by atoms with Crippen molar-refractivity contribution in [2.24, 2.45) is 50.7 Å². The number of carbonyl (C=O) groups excluding carboxylic acids is 1. The van der Waals surface area contributed by atoms with E-state index < -0.39 is 0 Å². The van der Waals surface area contributed by atoms with Crippen molar-refractivity contribution in [1.29, 1.82) is 0 Å². The highest BCUT2D eigenvalue weighted by Crippen LogP contribution is 2.93. The zero-order valence-electron chi connectivity index (χ0n) is 21.4. The molecule has 0 aromatic heterocycles. The highest BCUT2D eigenvalue weighted by molar-refractivity contribution is 5.78. The maximum Gasteiger partial charge on any atom is 0.150 e. The molecule has 5 saturated carbocycles. The number of aliphatic hydroxyl groups excluding tert-OH is 1. The Hall–Kier alpha value is -1.41. The lowest BCUT2D eigenvalue weighted by atomic mass is 9.45. The first kappa shape index (κ1) is 21.8. The van der Waals surface area contributed by atoms with Crippen molar-refractivity contribution in [1.82, 2.24) is 0 Å². The summed E-state index contributed by atoms with van der Waals surface area (Å²) in [7, 11) is 0. The summed E-state index contributed by atoms with van der Waals surface area (Å²) in [6.45, 7) is 8.12. The molecule has 0 radical (unpaired) electrons. The van der Waals surface area contributed by atoms with Crippen LogP contribution in [0.2, 0.25) is 0 Å². The van der Waals surface area contributed by atoms with Crippen LogP contribution in [0.4, 0.5) is 0 Å². The number of aldehydes is 1. The van der Waals surface area contributed by atoms with E-state index in [1.807, 2.05) is 12.1 Å². The van der Waals surface area contributed by atoms with Crippen LogP contribution in [-0.2, 0) is 0 Å². The minimum absolute atomic E-state index is 0.148. The second kappa shape index (κ2) is 6.67. The van der Waals surface area contributed by atoms with Crippen molar-refractivity contribution in [2.75, 3.05) is 6.61 Å². The third-order valence-electron chi connectivity index (χ3n) is 13.4. The molecule has 6 aliphatic rings. The zero-order valence-corrected chi connectivity index (χ0v) is 21.4. The predicted molar refractivity (Wildman–Crippen MR) is 136 cm³/mol. The van der Waals surface area contributed by atoms with Crippen molar-refractivity contribution in [3.63, 3.8) is 0 Å². The van der Waals surface area contributed by atoms with Gasteiger partial charge in [0.15, 0.2) is 0 Å². The Balaban J connectivity index is 1.27. The second-order valence-electron chi connectivity index (χ2n) is 14.1. The molecular weight excluding hydrogens is 416 g/mol. The second-order valence-corrected chi connectivity index (χ2v) is 14.1. The molecule has 0 amide bonds. The maximum absolute atomic E-state index is 11.2.